The number of Topliss-reactive ketones (excluding diaryl/α,β-unsaturated/α-hetero) is 1. The van der Waals surface area contributed by atoms with Crippen molar-refractivity contribution in [2.45, 2.75) is 51.7 Å². The number of benzene rings is 1. The Kier molecular flexibility index (Phi) is 5.95. The molecule has 0 saturated heterocycles. The Hall–Kier alpha value is -1.19. The largest absolute Gasteiger partial charge is 0.343 e. The van der Waals surface area contributed by atoms with Crippen LogP contribution < -0.4 is 0 Å². The third-order valence-electron chi connectivity index (χ3n) is 4.21. The van der Waals surface area contributed by atoms with E-state index < -0.39 is 5.79 Å². The van der Waals surface area contributed by atoms with Crippen molar-refractivity contribution in [2.75, 3.05) is 13.2 Å². The zero-order chi connectivity index (χ0) is 15.1. The SMILES string of the molecule is CCOC(OCC)(C(=O)c1ccccc1)C1CCCCC1. The van der Waals surface area contributed by atoms with Gasteiger partial charge < -0.3 is 9.47 Å². The third kappa shape index (κ3) is 3.53. The molecule has 1 aliphatic carbocycles. The molecule has 0 aliphatic heterocycles. The van der Waals surface area contributed by atoms with Gasteiger partial charge in [-0.1, -0.05) is 49.6 Å². The van der Waals surface area contributed by atoms with Gasteiger partial charge in [0.05, 0.1) is 0 Å². The Morgan fingerprint density at radius 3 is 2.14 bits per heavy atom. The van der Waals surface area contributed by atoms with Gasteiger partial charge in [0.25, 0.3) is 0 Å². The average Bonchev–Trinajstić information content (AvgIpc) is 2.55. The molecule has 0 N–H and O–H groups in total. The van der Waals surface area contributed by atoms with Crippen LogP contribution in [0, 0.1) is 5.92 Å². The minimum atomic E-state index is -1.11. The van der Waals surface area contributed by atoms with E-state index in [4.69, 9.17) is 9.47 Å². The molecule has 0 aromatic heterocycles. The lowest BCUT2D eigenvalue weighted by Gasteiger charge is -2.40. The van der Waals surface area contributed by atoms with E-state index in [1.165, 1.54) is 6.42 Å². The molecule has 2 rings (SSSR count). The second-order valence-corrected chi connectivity index (χ2v) is 5.56. The molecule has 0 atom stereocenters. The van der Waals surface area contributed by atoms with Gasteiger partial charge in [0.2, 0.25) is 11.6 Å². The van der Waals surface area contributed by atoms with E-state index >= 15 is 0 Å². The Bertz CT molecular complexity index is 429. The second-order valence-electron chi connectivity index (χ2n) is 5.56. The van der Waals surface area contributed by atoms with Gasteiger partial charge in [-0.05, 0) is 26.7 Å². The summed E-state index contributed by atoms with van der Waals surface area (Å²) < 4.78 is 11.9. The number of ether oxygens (including phenoxy) is 2. The predicted molar refractivity (Wildman–Crippen MR) is 83.3 cm³/mol. The first kappa shape index (κ1) is 16.2. The van der Waals surface area contributed by atoms with E-state index in [1.54, 1.807) is 0 Å². The topological polar surface area (TPSA) is 35.5 Å². The van der Waals surface area contributed by atoms with Crippen LogP contribution in [0.25, 0.3) is 0 Å². The lowest BCUT2D eigenvalue weighted by molar-refractivity contribution is -0.231. The smallest absolute Gasteiger partial charge is 0.236 e. The summed E-state index contributed by atoms with van der Waals surface area (Å²) in [5.74, 6) is -0.983. The molecule has 1 aromatic carbocycles. The van der Waals surface area contributed by atoms with Crippen molar-refractivity contribution in [1.29, 1.82) is 0 Å². The second kappa shape index (κ2) is 7.71. The molecule has 0 amide bonds. The van der Waals surface area contributed by atoms with Crippen molar-refractivity contribution >= 4 is 5.78 Å². The van der Waals surface area contributed by atoms with Gasteiger partial charge >= 0.3 is 0 Å². The number of hydrogen-bond acceptors (Lipinski definition) is 3. The van der Waals surface area contributed by atoms with Crippen molar-refractivity contribution in [1.82, 2.24) is 0 Å². The van der Waals surface area contributed by atoms with Crippen LogP contribution in [0.5, 0.6) is 0 Å². The van der Waals surface area contributed by atoms with Gasteiger partial charge in [-0.3, -0.25) is 4.79 Å². The summed E-state index contributed by atoms with van der Waals surface area (Å²) in [5, 5.41) is 0. The molecular weight excluding hydrogens is 264 g/mol. The molecule has 1 aliphatic rings. The molecule has 1 aromatic rings. The summed E-state index contributed by atoms with van der Waals surface area (Å²) >= 11 is 0. The van der Waals surface area contributed by atoms with Crippen molar-refractivity contribution in [3.05, 3.63) is 35.9 Å². The van der Waals surface area contributed by atoms with Crippen LogP contribution in [0.4, 0.5) is 0 Å². The first-order chi connectivity index (χ1) is 10.2. The van der Waals surface area contributed by atoms with Crippen molar-refractivity contribution in [2.24, 2.45) is 5.92 Å². The molecule has 1 fully saturated rings. The van der Waals surface area contributed by atoms with Crippen LogP contribution in [0.1, 0.15) is 56.3 Å². The summed E-state index contributed by atoms with van der Waals surface area (Å²) in [5.41, 5.74) is 0.671. The maximum atomic E-state index is 13.1. The summed E-state index contributed by atoms with van der Waals surface area (Å²) in [6, 6.07) is 9.38. The lowest BCUT2D eigenvalue weighted by atomic mass is 9.79. The molecule has 3 nitrogen and oxygen atoms in total. The fourth-order valence-corrected chi connectivity index (χ4v) is 3.30. The summed E-state index contributed by atoms with van der Waals surface area (Å²) in [6.45, 7) is 4.81. The van der Waals surface area contributed by atoms with Gasteiger partial charge in [-0.25, -0.2) is 0 Å². The number of rotatable bonds is 7. The molecule has 0 unspecified atom stereocenters. The maximum Gasteiger partial charge on any atom is 0.236 e. The highest BCUT2D eigenvalue weighted by molar-refractivity contribution is 6.01. The number of hydrogen-bond donors (Lipinski definition) is 0. The minimum absolute atomic E-state index is 0.0290. The monoisotopic (exact) mass is 290 g/mol. The van der Waals surface area contributed by atoms with Crippen LogP contribution in [-0.2, 0) is 9.47 Å². The molecule has 21 heavy (non-hydrogen) atoms. The van der Waals surface area contributed by atoms with Gasteiger partial charge in [-0.2, -0.15) is 0 Å². The van der Waals surface area contributed by atoms with Crippen LogP contribution >= 0.6 is 0 Å². The van der Waals surface area contributed by atoms with Crippen LogP contribution in [0.3, 0.4) is 0 Å². The summed E-state index contributed by atoms with van der Waals surface area (Å²) in [6.07, 6.45) is 5.53. The average molecular weight is 290 g/mol. The highest BCUT2D eigenvalue weighted by Gasteiger charge is 2.48. The van der Waals surface area contributed by atoms with E-state index in [-0.39, 0.29) is 11.7 Å². The first-order valence-electron chi connectivity index (χ1n) is 8.12. The molecule has 0 radical (unpaired) electrons. The lowest BCUT2D eigenvalue weighted by Crippen LogP contribution is -2.51. The molecule has 116 valence electrons. The Morgan fingerprint density at radius 2 is 1.62 bits per heavy atom. The fourth-order valence-electron chi connectivity index (χ4n) is 3.30. The number of ketones is 1. The van der Waals surface area contributed by atoms with Crippen LogP contribution in [0.2, 0.25) is 0 Å². The van der Waals surface area contributed by atoms with E-state index in [2.05, 4.69) is 0 Å². The molecule has 0 spiro atoms. The van der Waals surface area contributed by atoms with E-state index in [9.17, 15) is 4.79 Å². The quantitative estimate of drug-likeness (QED) is 0.557. The minimum Gasteiger partial charge on any atom is -0.343 e. The van der Waals surface area contributed by atoms with E-state index in [0.717, 1.165) is 25.7 Å². The van der Waals surface area contributed by atoms with Gasteiger partial charge in [0.1, 0.15) is 0 Å². The van der Waals surface area contributed by atoms with E-state index in [1.807, 2.05) is 44.2 Å². The van der Waals surface area contributed by atoms with Crippen molar-refractivity contribution < 1.29 is 14.3 Å². The molecule has 0 bridgehead atoms. The number of carbonyl (C=O) groups excluding carboxylic acids is 1. The summed E-state index contributed by atoms with van der Waals surface area (Å²) in [4.78, 5) is 13.1. The zero-order valence-electron chi connectivity index (χ0n) is 13.1. The normalized spacial score (nSPS) is 16.9. The highest BCUT2D eigenvalue weighted by Crippen LogP contribution is 2.38. The highest BCUT2D eigenvalue weighted by atomic mass is 16.7. The predicted octanol–water partition coefficient (Wildman–Crippen LogP) is 4.22. The van der Waals surface area contributed by atoms with Crippen LogP contribution in [0.15, 0.2) is 30.3 Å². The molecule has 0 heterocycles. The van der Waals surface area contributed by atoms with Gasteiger partial charge in [-0.15, -0.1) is 0 Å². The zero-order valence-corrected chi connectivity index (χ0v) is 13.1. The van der Waals surface area contributed by atoms with Gasteiger partial charge in [0.15, 0.2) is 0 Å². The van der Waals surface area contributed by atoms with Crippen molar-refractivity contribution in [3.8, 4) is 0 Å². The maximum absolute atomic E-state index is 13.1. The molecule has 3 heteroatoms. The Morgan fingerprint density at radius 1 is 1.05 bits per heavy atom. The van der Waals surface area contributed by atoms with Gasteiger partial charge in [0, 0.05) is 24.7 Å². The summed E-state index contributed by atoms with van der Waals surface area (Å²) in [7, 11) is 0. The van der Waals surface area contributed by atoms with Crippen LogP contribution in [-0.4, -0.2) is 24.8 Å². The Balaban J connectivity index is 2.35. The van der Waals surface area contributed by atoms with E-state index in [0.29, 0.717) is 18.8 Å². The standard InChI is InChI=1S/C18H26O3/c1-3-20-18(21-4-2,16-13-9-6-10-14-16)17(19)15-11-7-5-8-12-15/h5,7-8,11-12,16H,3-4,6,9-10,13-14H2,1-2H3. The van der Waals surface area contributed by atoms with Crippen molar-refractivity contribution in [3.63, 3.8) is 0 Å². The molecular formula is C18H26O3. The number of carbonyl (C=O) groups is 1. The third-order valence-corrected chi connectivity index (χ3v) is 4.21. The Labute approximate surface area is 127 Å². The first-order valence-corrected chi connectivity index (χ1v) is 8.12. The fraction of sp³-hybridized carbons (Fsp3) is 0.611. The molecule has 1 saturated carbocycles.